The average molecular weight is 348 g/mol. The summed E-state index contributed by atoms with van der Waals surface area (Å²) < 4.78 is -1.22. The van der Waals surface area contributed by atoms with Crippen molar-refractivity contribution in [2.24, 2.45) is 0 Å². The molecule has 1 heterocycles. The van der Waals surface area contributed by atoms with Crippen molar-refractivity contribution in [3.8, 4) is 0 Å². The van der Waals surface area contributed by atoms with Crippen molar-refractivity contribution < 1.29 is 9.59 Å². The van der Waals surface area contributed by atoms with Crippen LogP contribution in [0.2, 0.25) is 0 Å². The van der Waals surface area contributed by atoms with E-state index in [9.17, 15) is 9.59 Å². The van der Waals surface area contributed by atoms with Gasteiger partial charge in [0.25, 0.3) is 0 Å². The molecule has 0 fully saturated rings. The highest BCUT2D eigenvalue weighted by molar-refractivity contribution is 8.02. The fourth-order valence-electron chi connectivity index (χ4n) is 2.83. The number of fused-ring (bicyclic) bond motifs is 2. The number of rotatable bonds is 2. The molecule has 0 bridgehead atoms. The molecule has 3 aromatic rings. The predicted molar refractivity (Wildman–Crippen MR) is 102 cm³/mol. The van der Waals surface area contributed by atoms with E-state index in [4.69, 9.17) is 0 Å². The zero-order valence-electron chi connectivity index (χ0n) is 13.6. The van der Waals surface area contributed by atoms with E-state index in [1.165, 1.54) is 11.8 Å². The third kappa shape index (κ3) is 2.76. The summed E-state index contributed by atoms with van der Waals surface area (Å²) in [5.74, 6) is -0.644. The summed E-state index contributed by atoms with van der Waals surface area (Å²) in [7, 11) is 0. The quantitative estimate of drug-likeness (QED) is 0.680. The average Bonchev–Trinajstić information content (AvgIpc) is 2.62. The standard InChI is InChI=1S/C20H16N2O2S/c1-20(19(24)22-16-8-4-5-9-17(16)25-20)18(23)21-15-11-10-13-6-2-3-7-14(13)12-15/h2-12H,1H3,(H,21,23)(H,22,24). The van der Waals surface area contributed by atoms with Gasteiger partial charge in [-0.1, -0.05) is 54.2 Å². The second-order valence-corrected chi connectivity index (χ2v) is 7.56. The summed E-state index contributed by atoms with van der Waals surface area (Å²) in [6.45, 7) is 1.65. The first-order valence-corrected chi connectivity index (χ1v) is 8.78. The third-order valence-electron chi connectivity index (χ3n) is 4.32. The van der Waals surface area contributed by atoms with Crippen LogP contribution >= 0.6 is 11.8 Å². The molecule has 3 aromatic carbocycles. The second kappa shape index (κ2) is 5.93. The number of anilines is 2. The van der Waals surface area contributed by atoms with Crippen molar-refractivity contribution >= 4 is 45.7 Å². The molecular formula is C20H16N2O2S. The lowest BCUT2D eigenvalue weighted by molar-refractivity contribution is -0.126. The summed E-state index contributed by atoms with van der Waals surface area (Å²) in [4.78, 5) is 26.3. The summed E-state index contributed by atoms with van der Waals surface area (Å²) in [5, 5.41) is 7.85. The van der Waals surface area contributed by atoms with Crippen molar-refractivity contribution in [3.05, 3.63) is 66.7 Å². The Labute approximate surface area is 149 Å². The highest BCUT2D eigenvalue weighted by atomic mass is 32.2. The molecule has 0 saturated carbocycles. The molecule has 1 aliphatic rings. The largest absolute Gasteiger partial charge is 0.324 e. The first-order valence-electron chi connectivity index (χ1n) is 7.96. The van der Waals surface area contributed by atoms with Crippen molar-refractivity contribution in [1.29, 1.82) is 0 Å². The third-order valence-corrected chi connectivity index (χ3v) is 5.68. The van der Waals surface area contributed by atoms with Gasteiger partial charge in [-0.25, -0.2) is 0 Å². The minimum absolute atomic E-state index is 0.311. The molecular weight excluding hydrogens is 332 g/mol. The number of thioether (sulfide) groups is 1. The Kier molecular flexibility index (Phi) is 3.73. The van der Waals surface area contributed by atoms with E-state index in [0.717, 1.165) is 21.4 Å². The normalized spacial score (nSPS) is 19.2. The molecule has 5 heteroatoms. The number of amides is 2. The number of nitrogens with one attached hydrogen (secondary N) is 2. The monoisotopic (exact) mass is 348 g/mol. The van der Waals surface area contributed by atoms with Crippen LogP contribution in [0.5, 0.6) is 0 Å². The van der Waals surface area contributed by atoms with Crippen molar-refractivity contribution in [3.63, 3.8) is 0 Å². The van der Waals surface area contributed by atoms with E-state index in [-0.39, 0.29) is 11.8 Å². The lowest BCUT2D eigenvalue weighted by Gasteiger charge is -2.31. The zero-order valence-corrected chi connectivity index (χ0v) is 14.4. The van der Waals surface area contributed by atoms with E-state index >= 15 is 0 Å². The maximum absolute atomic E-state index is 12.9. The van der Waals surface area contributed by atoms with Crippen molar-refractivity contribution in [1.82, 2.24) is 0 Å². The lowest BCUT2D eigenvalue weighted by atomic mass is 10.1. The van der Waals surface area contributed by atoms with E-state index < -0.39 is 4.75 Å². The number of hydrogen-bond acceptors (Lipinski definition) is 3. The van der Waals surface area contributed by atoms with E-state index in [1.807, 2.05) is 66.7 Å². The van der Waals surface area contributed by atoms with Crippen LogP contribution in [0.3, 0.4) is 0 Å². The summed E-state index contributed by atoms with van der Waals surface area (Å²) in [5.41, 5.74) is 1.42. The Hall–Kier alpha value is -2.79. The fourth-order valence-corrected chi connectivity index (χ4v) is 3.94. The van der Waals surface area contributed by atoms with Crippen LogP contribution in [0.1, 0.15) is 6.92 Å². The summed E-state index contributed by atoms with van der Waals surface area (Å²) in [6, 6.07) is 21.1. The number of hydrogen-bond donors (Lipinski definition) is 2. The molecule has 124 valence electrons. The second-order valence-electron chi connectivity index (χ2n) is 6.10. The van der Waals surface area contributed by atoms with Gasteiger partial charge in [0.1, 0.15) is 0 Å². The molecule has 1 aliphatic heterocycles. The van der Waals surface area contributed by atoms with Gasteiger partial charge in [0, 0.05) is 10.6 Å². The van der Waals surface area contributed by atoms with Crippen LogP contribution in [-0.4, -0.2) is 16.6 Å². The van der Waals surface area contributed by atoms with Gasteiger partial charge in [-0.15, -0.1) is 0 Å². The first-order chi connectivity index (χ1) is 12.1. The van der Waals surface area contributed by atoms with Crippen LogP contribution < -0.4 is 10.6 Å². The van der Waals surface area contributed by atoms with Crippen LogP contribution in [0, 0.1) is 0 Å². The minimum atomic E-state index is -1.22. The number of carbonyl (C=O) groups is 2. The molecule has 4 nitrogen and oxygen atoms in total. The molecule has 2 N–H and O–H groups in total. The molecule has 25 heavy (non-hydrogen) atoms. The van der Waals surface area contributed by atoms with Crippen LogP contribution in [0.25, 0.3) is 10.8 Å². The Morgan fingerprint density at radius 3 is 2.56 bits per heavy atom. The molecule has 0 aromatic heterocycles. The van der Waals surface area contributed by atoms with Gasteiger partial charge in [-0.3, -0.25) is 9.59 Å². The maximum Gasteiger partial charge on any atom is 0.250 e. The highest BCUT2D eigenvalue weighted by Gasteiger charge is 2.45. The van der Waals surface area contributed by atoms with Crippen molar-refractivity contribution in [2.45, 2.75) is 16.6 Å². The molecule has 0 spiro atoms. The van der Waals surface area contributed by atoms with Crippen LogP contribution in [0.4, 0.5) is 11.4 Å². The van der Waals surface area contributed by atoms with Gasteiger partial charge in [0.2, 0.25) is 11.8 Å². The maximum atomic E-state index is 12.9. The zero-order chi connectivity index (χ0) is 17.4. The minimum Gasteiger partial charge on any atom is -0.324 e. The molecule has 0 saturated heterocycles. The lowest BCUT2D eigenvalue weighted by Crippen LogP contribution is -2.49. The molecule has 1 unspecified atom stereocenters. The van der Waals surface area contributed by atoms with E-state index in [0.29, 0.717) is 5.69 Å². The number of benzene rings is 3. The molecule has 2 amide bonds. The summed E-state index contributed by atoms with van der Waals surface area (Å²) in [6.07, 6.45) is 0. The topological polar surface area (TPSA) is 58.2 Å². The van der Waals surface area contributed by atoms with E-state index in [2.05, 4.69) is 10.6 Å². The van der Waals surface area contributed by atoms with Crippen molar-refractivity contribution in [2.75, 3.05) is 10.6 Å². The van der Waals surface area contributed by atoms with Gasteiger partial charge in [-0.2, -0.15) is 0 Å². The van der Waals surface area contributed by atoms with Crippen LogP contribution in [-0.2, 0) is 9.59 Å². The van der Waals surface area contributed by atoms with Gasteiger partial charge >= 0.3 is 0 Å². The first kappa shape index (κ1) is 15.7. The molecule has 0 aliphatic carbocycles. The molecule has 0 radical (unpaired) electrons. The Morgan fingerprint density at radius 1 is 1.00 bits per heavy atom. The van der Waals surface area contributed by atoms with Gasteiger partial charge in [-0.05, 0) is 42.0 Å². The van der Waals surface area contributed by atoms with Gasteiger partial charge in [0.05, 0.1) is 5.69 Å². The SMILES string of the molecule is CC1(C(=O)Nc2ccc3ccccc3c2)Sc2ccccc2NC1=O. The number of para-hydroxylation sites is 1. The predicted octanol–water partition coefficient (Wildman–Crippen LogP) is 4.28. The highest BCUT2D eigenvalue weighted by Crippen LogP contribution is 2.42. The fraction of sp³-hybridized carbons (Fsp3) is 0.100. The molecule has 1 atom stereocenters. The number of carbonyl (C=O) groups excluding carboxylic acids is 2. The van der Waals surface area contributed by atoms with E-state index in [1.54, 1.807) is 6.92 Å². The van der Waals surface area contributed by atoms with Crippen LogP contribution in [0.15, 0.2) is 71.6 Å². The summed E-state index contributed by atoms with van der Waals surface area (Å²) >= 11 is 1.27. The Balaban J connectivity index is 1.62. The Bertz CT molecular complexity index is 1000. The Morgan fingerprint density at radius 2 is 1.72 bits per heavy atom. The van der Waals surface area contributed by atoms with Gasteiger partial charge < -0.3 is 10.6 Å². The van der Waals surface area contributed by atoms with Gasteiger partial charge in [0.15, 0.2) is 4.75 Å². The molecule has 4 rings (SSSR count). The smallest absolute Gasteiger partial charge is 0.250 e.